The second kappa shape index (κ2) is 13.0. The van der Waals surface area contributed by atoms with Gasteiger partial charge in [0, 0.05) is 68.6 Å². The van der Waals surface area contributed by atoms with Gasteiger partial charge in [0.15, 0.2) is 0 Å². The summed E-state index contributed by atoms with van der Waals surface area (Å²) in [6.45, 7) is 2.30. The van der Waals surface area contributed by atoms with Gasteiger partial charge in [0.25, 0.3) is 0 Å². The number of anilines is 1. The summed E-state index contributed by atoms with van der Waals surface area (Å²) >= 11 is 0. The normalized spacial score (nSPS) is 18.6. The molecule has 3 N–H and O–H groups in total. The minimum Gasteiger partial charge on any atom is -0.496 e. The number of hydrogen-bond donors (Lipinski definition) is 3. The van der Waals surface area contributed by atoms with E-state index in [-0.39, 0.29) is 47.5 Å². The van der Waals surface area contributed by atoms with Crippen molar-refractivity contribution in [2.75, 3.05) is 39.6 Å². The molecule has 2 fully saturated rings. The number of ether oxygens (including phenoxy) is 1. The molecule has 2 saturated heterocycles. The Morgan fingerprint density at radius 1 is 1.04 bits per heavy atom. The molecule has 2 aliphatic rings. The molecule has 5 amide bonds. The molecular formula is C33H35F2N5O5. The minimum atomic E-state index is -1.09. The van der Waals surface area contributed by atoms with E-state index in [4.69, 9.17) is 4.74 Å². The molecule has 0 spiro atoms. The molecule has 0 aliphatic carbocycles. The lowest BCUT2D eigenvalue weighted by molar-refractivity contribution is -0.140. The molecule has 3 aromatic carbocycles. The van der Waals surface area contributed by atoms with E-state index >= 15 is 8.78 Å². The Morgan fingerprint density at radius 2 is 1.76 bits per heavy atom. The predicted molar refractivity (Wildman–Crippen MR) is 164 cm³/mol. The van der Waals surface area contributed by atoms with Gasteiger partial charge >= 0.3 is 6.03 Å². The van der Waals surface area contributed by atoms with Gasteiger partial charge in [-0.05, 0) is 48.2 Å². The lowest BCUT2D eigenvalue weighted by Crippen LogP contribution is -2.56. The van der Waals surface area contributed by atoms with Gasteiger partial charge in [-0.2, -0.15) is 0 Å². The van der Waals surface area contributed by atoms with Crippen molar-refractivity contribution in [1.82, 2.24) is 20.4 Å². The van der Waals surface area contributed by atoms with Crippen molar-refractivity contribution in [2.45, 2.75) is 32.4 Å². The third kappa shape index (κ3) is 6.37. The number of imide groups is 1. The molecule has 1 unspecified atom stereocenters. The Hall–Kier alpha value is -4.84. The van der Waals surface area contributed by atoms with Crippen LogP contribution in [-0.4, -0.2) is 73.9 Å². The summed E-state index contributed by atoms with van der Waals surface area (Å²) in [6, 6.07) is 12.2. The molecule has 10 nitrogen and oxygen atoms in total. The summed E-state index contributed by atoms with van der Waals surface area (Å²) in [5.74, 6) is -3.16. The molecule has 0 bridgehead atoms. The Balaban J connectivity index is 1.40. The maximum absolute atomic E-state index is 16.2. The van der Waals surface area contributed by atoms with E-state index in [9.17, 15) is 19.2 Å². The summed E-state index contributed by atoms with van der Waals surface area (Å²) in [5.41, 5.74) is 2.44. The van der Waals surface area contributed by atoms with Gasteiger partial charge in [0.1, 0.15) is 23.3 Å². The maximum atomic E-state index is 16.2. The largest absolute Gasteiger partial charge is 0.496 e. The second-order valence-electron chi connectivity index (χ2n) is 11.3. The molecule has 45 heavy (non-hydrogen) atoms. The van der Waals surface area contributed by atoms with Crippen LogP contribution < -0.4 is 20.7 Å². The van der Waals surface area contributed by atoms with Crippen LogP contribution in [0, 0.1) is 24.5 Å². The van der Waals surface area contributed by atoms with E-state index in [0.717, 1.165) is 4.90 Å². The second-order valence-corrected chi connectivity index (χ2v) is 11.3. The zero-order chi connectivity index (χ0) is 32.4. The Bertz CT molecular complexity index is 1670. The summed E-state index contributed by atoms with van der Waals surface area (Å²) < 4.78 is 37.1. The molecule has 2 aliphatic heterocycles. The van der Waals surface area contributed by atoms with Crippen molar-refractivity contribution < 1.29 is 32.7 Å². The fraction of sp³-hybridized carbons (Fsp3) is 0.333. The van der Waals surface area contributed by atoms with Crippen molar-refractivity contribution in [3.63, 3.8) is 0 Å². The van der Waals surface area contributed by atoms with E-state index < -0.39 is 35.4 Å². The van der Waals surface area contributed by atoms with Gasteiger partial charge in [-0.25, -0.2) is 13.6 Å². The zero-order valence-corrected chi connectivity index (χ0v) is 25.5. The number of hydrogen-bond acceptors (Lipinski definition) is 6. The number of carbonyl (C=O) groups is 4. The number of benzene rings is 3. The monoisotopic (exact) mass is 619 g/mol. The van der Waals surface area contributed by atoms with E-state index in [1.54, 1.807) is 49.4 Å². The van der Waals surface area contributed by atoms with Crippen LogP contribution in [0.4, 0.5) is 19.3 Å². The number of halogens is 2. The first-order valence-corrected chi connectivity index (χ1v) is 14.6. The van der Waals surface area contributed by atoms with Crippen molar-refractivity contribution >= 4 is 29.4 Å². The number of rotatable bonds is 8. The lowest BCUT2D eigenvalue weighted by atomic mass is 9.93. The van der Waals surface area contributed by atoms with Crippen molar-refractivity contribution in [3.05, 3.63) is 71.3 Å². The Morgan fingerprint density at radius 3 is 2.47 bits per heavy atom. The van der Waals surface area contributed by atoms with Crippen LogP contribution in [0.1, 0.15) is 24.0 Å². The van der Waals surface area contributed by atoms with Gasteiger partial charge in [-0.1, -0.05) is 30.3 Å². The number of amides is 5. The molecule has 5 rings (SSSR count). The van der Waals surface area contributed by atoms with Crippen LogP contribution in [0.15, 0.2) is 48.5 Å². The number of urea groups is 1. The number of nitrogens with zero attached hydrogens (tertiary/aromatic N) is 2. The minimum absolute atomic E-state index is 0.000530. The molecule has 0 radical (unpaired) electrons. The topological polar surface area (TPSA) is 120 Å². The van der Waals surface area contributed by atoms with Gasteiger partial charge in [0.2, 0.25) is 17.7 Å². The van der Waals surface area contributed by atoms with E-state index in [2.05, 4.69) is 16.0 Å². The van der Waals surface area contributed by atoms with Crippen molar-refractivity contribution in [3.8, 4) is 28.0 Å². The summed E-state index contributed by atoms with van der Waals surface area (Å²) in [5, 5.41) is 8.81. The highest BCUT2D eigenvalue weighted by atomic mass is 19.1. The first-order chi connectivity index (χ1) is 21.5. The zero-order valence-electron chi connectivity index (χ0n) is 25.5. The van der Waals surface area contributed by atoms with Crippen molar-refractivity contribution in [2.24, 2.45) is 5.92 Å². The molecule has 2 atom stereocenters. The van der Waals surface area contributed by atoms with Crippen molar-refractivity contribution in [1.29, 1.82) is 0 Å². The molecule has 0 aromatic heterocycles. The maximum Gasteiger partial charge on any atom is 0.326 e. The highest BCUT2D eigenvalue weighted by Gasteiger charge is 2.39. The Labute approximate surface area is 259 Å². The number of nitrogens with one attached hydrogen (secondary N) is 3. The standard InChI is InChI=1S/C33H35F2N5O5/c1-18-21(7-6-10-27(18)38-31(42)25-17-39(2)33(44)40(3)32(25)43)23-9-5-8-22(30(23)35)19-13-26(34)24(28(14-19)45-4)16-36-20-11-12-29(41)37-15-20/h5-10,13-14,20,25,36H,11-12,15-17H2,1-4H3,(H,37,41)(H,38,42)/t20-,25?/m1/s1. The summed E-state index contributed by atoms with van der Waals surface area (Å²) in [6.07, 6.45) is 1.04. The van der Waals surface area contributed by atoms with Crippen LogP contribution in [0.3, 0.4) is 0 Å². The van der Waals surface area contributed by atoms with Crippen LogP contribution in [0.2, 0.25) is 0 Å². The van der Waals surface area contributed by atoms with E-state index in [1.807, 2.05) is 0 Å². The highest BCUT2D eigenvalue weighted by Crippen LogP contribution is 2.37. The van der Waals surface area contributed by atoms with Gasteiger partial charge < -0.3 is 25.6 Å². The molecule has 12 heteroatoms. The number of carbonyl (C=O) groups excluding carboxylic acids is 4. The molecular weight excluding hydrogens is 584 g/mol. The average Bonchev–Trinajstić information content (AvgIpc) is 3.03. The summed E-state index contributed by atoms with van der Waals surface area (Å²) in [7, 11) is 4.26. The van der Waals surface area contributed by atoms with Crippen LogP contribution in [0.5, 0.6) is 5.75 Å². The number of piperidine rings is 1. The van der Waals surface area contributed by atoms with Crippen LogP contribution in [-0.2, 0) is 20.9 Å². The summed E-state index contributed by atoms with van der Waals surface area (Å²) in [4.78, 5) is 51.5. The third-order valence-electron chi connectivity index (χ3n) is 8.41. The van der Waals surface area contributed by atoms with Gasteiger partial charge in [-0.3, -0.25) is 19.3 Å². The predicted octanol–water partition coefficient (Wildman–Crippen LogP) is 4.06. The molecule has 0 saturated carbocycles. The van der Waals surface area contributed by atoms with Crippen LogP contribution in [0.25, 0.3) is 22.3 Å². The molecule has 236 valence electrons. The smallest absolute Gasteiger partial charge is 0.326 e. The lowest BCUT2D eigenvalue weighted by Gasteiger charge is -2.33. The van der Waals surface area contributed by atoms with Crippen LogP contribution >= 0.6 is 0 Å². The quantitative estimate of drug-likeness (QED) is 0.327. The van der Waals surface area contributed by atoms with Gasteiger partial charge in [0.05, 0.1) is 7.11 Å². The SMILES string of the molecule is COc1cc(-c2cccc(-c3cccc(NC(=O)C4CN(C)C(=O)N(C)C4=O)c3C)c2F)cc(F)c1CN[C@@H]1CCC(=O)NC1. The molecule has 3 aromatic rings. The highest BCUT2D eigenvalue weighted by molar-refractivity contribution is 6.12. The third-order valence-corrected chi connectivity index (χ3v) is 8.41. The fourth-order valence-corrected chi connectivity index (χ4v) is 5.73. The average molecular weight is 620 g/mol. The fourth-order valence-electron chi connectivity index (χ4n) is 5.73. The van der Waals surface area contributed by atoms with E-state index in [1.165, 1.54) is 32.2 Å². The first-order valence-electron chi connectivity index (χ1n) is 14.6. The van der Waals surface area contributed by atoms with Gasteiger partial charge in [-0.15, -0.1) is 0 Å². The molecule has 2 heterocycles. The Kier molecular flexibility index (Phi) is 9.14. The van der Waals surface area contributed by atoms with E-state index in [0.29, 0.717) is 41.8 Å². The first kappa shape index (κ1) is 31.6. The number of methoxy groups -OCH3 is 1.